The largest absolute Gasteiger partial charge is 0.402 e. The zero-order valence-corrected chi connectivity index (χ0v) is 21.7. The Morgan fingerprint density at radius 1 is 1.05 bits per heavy atom. The first-order chi connectivity index (χ1) is 17.9. The first-order valence-electron chi connectivity index (χ1n) is 12.4. The minimum Gasteiger partial charge on any atom is -0.402 e. The first kappa shape index (κ1) is 27.8. The normalized spacial score (nSPS) is 13.8. The van der Waals surface area contributed by atoms with E-state index < -0.39 is 0 Å². The molecule has 37 heavy (non-hydrogen) atoms. The highest BCUT2D eigenvalue weighted by Crippen LogP contribution is 2.19. The summed E-state index contributed by atoms with van der Waals surface area (Å²) < 4.78 is 0. The van der Waals surface area contributed by atoms with Crippen molar-refractivity contribution in [2.24, 2.45) is 17.2 Å². The second-order valence-electron chi connectivity index (χ2n) is 8.84. The smallest absolute Gasteiger partial charge is 0.230 e. The lowest BCUT2D eigenvalue weighted by Gasteiger charge is -2.09. The summed E-state index contributed by atoms with van der Waals surface area (Å²) >= 11 is 1.38. The molecule has 0 atom stereocenters. The molecule has 196 valence electrons. The fourth-order valence-corrected chi connectivity index (χ4v) is 4.56. The van der Waals surface area contributed by atoms with Gasteiger partial charge in [0.1, 0.15) is 10.8 Å². The first-order valence-corrected chi connectivity index (χ1v) is 13.2. The molecule has 0 unspecified atom stereocenters. The summed E-state index contributed by atoms with van der Waals surface area (Å²) in [6.45, 7) is 0.441. The number of allylic oxidation sites excluding steroid dienone is 6. The third-order valence-electron chi connectivity index (χ3n) is 5.66. The van der Waals surface area contributed by atoms with Crippen LogP contribution in [-0.2, 0) is 29.0 Å². The zero-order valence-electron chi connectivity index (χ0n) is 20.9. The van der Waals surface area contributed by atoms with Gasteiger partial charge >= 0.3 is 0 Å². The summed E-state index contributed by atoms with van der Waals surface area (Å²) in [5.41, 5.74) is 21.3. The van der Waals surface area contributed by atoms with E-state index >= 15 is 0 Å². The van der Waals surface area contributed by atoms with E-state index in [1.807, 2.05) is 36.4 Å². The second-order valence-corrected chi connectivity index (χ2v) is 9.90. The Morgan fingerprint density at radius 2 is 1.89 bits per heavy atom. The number of benzene rings is 1. The molecule has 3 rings (SSSR count). The highest BCUT2D eigenvalue weighted by Gasteiger charge is 2.10. The van der Waals surface area contributed by atoms with Gasteiger partial charge in [0.25, 0.3) is 0 Å². The van der Waals surface area contributed by atoms with Crippen molar-refractivity contribution >= 4 is 28.3 Å². The lowest BCUT2D eigenvalue weighted by Crippen LogP contribution is -2.27. The van der Waals surface area contributed by atoms with Crippen molar-refractivity contribution in [2.75, 3.05) is 5.32 Å². The Kier molecular flexibility index (Phi) is 11.1. The van der Waals surface area contributed by atoms with Gasteiger partial charge in [0.15, 0.2) is 0 Å². The maximum absolute atomic E-state index is 12.3. The Labute approximate surface area is 221 Å². The highest BCUT2D eigenvalue weighted by atomic mass is 32.1. The lowest BCUT2D eigenvalue weighted by atomic mass is 10.0. The van der Waals surface area contributed by atoms with Crippen LogP contribution in [-0.4, -0.2) is 22.0 Å². The van der Waals surface area contributed by atoms with Crippen molar-refractivity contribution in [2.45, 2.75) is 57.9 Å². The van der Waals surface area contributed by atoms with Gasteiger partial charge in [0, 0.05) is 25.1 Å². The maximum Gasteiger partial charge on any atom is 0.230 e. The molecule has 0 fully saturated rings. The number of unbranched alkanes of at least 4 members (excludes halogenated alkanes) is 1. The standard InChI is InChI=1S/C27H35N7O2S/c28-18-21-10-6-9-20(15-21)17-25(36)32-27-34-33-26(37-27)12-5-4-11-22(29)13-14-23(30)31-24(35)16-19-7-2-1-3-8-19/h1-2,6-7,9-10,13-15H,3-5,8,11-12,16-18,28-30H2,(H,31,35)(H,32,34,36)/b22-13-,23-14+. The Balaban J connectivity index is 1.34. The molecule has 1 aliphatic carbocycles. The van der Waals surface area contributed by atoms with Gasteiger partial charge in [-0.25, -0.2) is 0 Å². The summed E-state index contributed by atoms with van der Waals surface area (Å²) in [6.07, 6.45) is 15.0. The summed E-state index contributed by atoms with van der Waals surface area (Å²) in [4.78, 5) is 24.4. The molecular formula is C27H35N7O2S. The number of hydrogen-bond donors (Lipinski definition) is 5. The molecule has 10 heteroatoms. The number of hydrogen-bond acceptors (Lipinski definition) is 8. The molecular weight excluding hydrogens is 486 g/mol. The molecule has 0 aliphatic heterocycles. The molecule has 0 spiro atoms. The Hall–Kier alpha value is -3.76. The summed E-state index contributed by atoms with van der Waals surface area (Å²) in [5, 5.41) is 15.1. The number of nitrogens with two attached hydrogens (primary N) is 3. The van der Waals surface area contributed by atoms with Crippen LogP contribution in [0.25, 0.3) is 0 Å². The monoisotopic (exact) mass is 521 g/mol. The van der Waals surface area contributed by atoms with E-state index in [9.17, 15) is 9.59 Å². The molecule has 1 aromatic carbocycles. The molecule has 1 aliphatic rings. The van der Waals surface area contributed by atoms with Gasteiger partial charge < -0.3 is 27.8 Å². The van der Waals surface area contributed by atoms with Crippen LogP contribution in [0.15, 0.2) is 71.7 Å². The quantitative estimate of drug-likeness (QED) is 0.199. The van der Waals surface area contributed by atoms with Crippen LogP contribution in [0.1, 0.15) is 54.7 Å². The molecule has 1 aromatic heterocycles. The molecule has 9 nitrogen and oxygen atoms in total. The van der Waals surface area contributed by atoms with E-state index in [1.165, 1.54) is 11.3 Å². The SMILES string of the molecule is NCc1cccc(CC(=O)Nc2nnc(CCCC/C(N)=C/C=C(\N)NC(=O)CC3=CC=CCC3)s2)c1. The number of rotatable bonds is 13. The summed E-state index contributed by atoms with van der Waals surface area (Å²) in [7, 11) is 0. The van der Waals surface area contributed by atoms with Gasteiger partial charge in [-0.05, 0) is 55.4 Å². The van der Waals surface area contributed by atoms with Crippen molar-refractivity contribution in [1.82, 2.24) is 15.5 Å². The van der Waals surface area contributed by atoms with Gasteiger partial charge in [-0.15, -0.1) is 10.2 Å². The average Bonchev–Trinajstić information content (AvgIpc) is 3.32. The van der Waals surface area contributed by atoms with E-state index in [2.05, 4.69) is 26.9 Å². The van der Waals surface area contributed by atoms with Crippen LogP contribution in [0.4, 0.5) is 5.13 Å². The van der Waals surface area contributed by atoms with Crippen LogP contribution in [0.3, 0.4) is 0 Å². The number of amides is 2. The van der Waals surface area contributed by atoms with Crippen LogP contribution < -0.4 is 27.8 Å². The molecule has 2 amide bonds. The molecule has 0 radical (unpaired) electrons. The summed E-state index contributed by atoms with van der Waals surface area (Å²) in [5.74, 6) is 0.00707. The Morgan fingerprint density at radius 3 is 2.68 bits per heavy atom. The number of nitrogens with one attached hydrogen (secondary N) is 2. The minimum atomic E-state index is -0.137. The zero-order chi connectivity index (χ0) is 26.5. The average molecular weight is 522 g/mol. The van der Waals surface area contributed by atoms with Crippen molar-refractivity contribution in [3.8, 4) is 0 Å². The number of carbonyl (C=O) groups is 2. The van der Waals surface area contributed by atoms with E-state index in [-0.39, 0.29) is 24.1 Å². The number of anilines is 1. The lowest BCUT2D eigenvalue weighted by molar-refractivity contribution is -0.119. The predicted octanol–water partition coefficient (Wildman–Crippen LogP) is 3.32. The third kappa shape index (κ3) is 10.4. The van der Waals surface area contributed by atoms with Gasteiger partial charge in [-0.3, -0.25) is 9.59 Å². The topological polar surface area (TPSA) is 162 Å². The number of nitrogens with zero attached hydrogens (tertiary/aromatic N) is 2. The number of carbonyl (C=O) groups excluding carboxylic acids is 2. The van der Waals surface area contributed by atoms with Crippen molar-refractivity contribution in [1.29, 1.82) is 0 Å². The van der Waals surface area contributed by atoms with E-state index in [0.717, 1.165) is 53.8 Å². The van der Waals surface area contributed by atoms with E-state index in [1.54, 1.807) is 12.2 Å². The predicted molar refractivity (Wildman–Crippen MR) is 148 cm³/mol. The van der Waals surface area contributed by atoms with Crippen LogP contribution in [0.2, 0.25) is 0 Å². The van der Waals surface area contributed by atoms with Gasteiger partial charge in [-0.2, -0.15) is 0 Å². The molecule has 0 bridgehead atoms. The van der Waals surface area contributed by atoms with E-state index in [4.69, 9.17) is 17.2 Å². The molecule has 0 saturated heterocycles. The van der Waals surface area contributed by atoms with Crippen LogP contribution in [0.5, 0.6) is 0 Å². The minimum absolute atomic E-state index is 0.129. The maximum atomic E-state index is 12.3. The summed E-state index contributed by atoms with van der Waals surface area (Å²) in [6, 6.07) is 7.66. The third-order valence-corrected chi connectivity index (χ3v) is 6.56. The fourth-order valence-electron chi connectivity index (χ4n) is 3.76. The van der Waals surface area contributed by atoms with Crippen LogP contribution >= 0.6 is 11.3 Å². The Bertz CT molecular complexity index is 1200. The molecule has 0 saturated carbocycles. The van der Waals surface area contributed by atoms with Crippen molar-refractivity contribution < 1.29 is 9.59 Å². The second kappa shape index (κ2) is 14.7. The number of aryl methyl sites for hydroxylation is 1. The van der Waals surface area contributed by atoms with Gasteiger partial charge in [0.05, 0.1) is 6.42 Å². The molecule has 2 aromatic rings. The van der Waals surface area contributed by atoms with Gasteiger partial charge in [-0.1, -0.05) is 59.4 Å². The van der Waals surface area contributed by atoms with Crippen molar-refractivity contribution in [3.05, 3.63) is 87.9 Å². The molecule has 1 heterocycles. The van der Waals surface area contributed by atoms with Crippen molar-refractivity contribution in [3.63, 3.8) is 0 Å². The molecule has 8 N–H and O–H groups in total. The highest BCUT2D eigenvalue weighted by molar-refractivity contribution is 7.15. The van der Waals surface area contributed by atoms with E-state index in [0.29, 0.717) is 30.2 Å². The van der Waals surface area contributed by atoms with Gasteiger partial charge in [0.2, 0.25) is 16.9 Å². The van der Waals surface area contributed by atoms with Crippen LogP contribution in [0, 0.1) is 0 Å². The fraction of sp³-hybridized carbons (Fsp3) is 0.333. The number of aromatic nitrogens is 2.